The van der Waals surface area contributed by atoms with Gasteiger partial charge in [0.15, 0.2) is 5.17 Å². The fourth-order valence-corrected chi connectivity index (χ4v) is 5.60. The summed E-state index contributed by atoms with van der Waals surface area (Å²) in [6.07, 6.45) is 3.93. The molecule has 6 rings (SSSR count). The van der Waals surface area contributed by atoms with Crippen LogP contribution in [0.4, 0.5) is 5.69 Å². The van der Waals surface area contributed by atoms with Crippen molar-refractivity contribution >= 4 is 51.5 Å². The molecule has 0 atom stereocenters. The summed E-state index contributed by atoms with van der Waals surface area (Å²) in [5, 5.41) is 1.65. The first kappa shape index (κ1) is 25.5. The Bertz CT molecular complexity index is 1750. The number of amidine groups is 1. The van der Waals surface area contributed by atoms with Gasteiger partial charge in [0.05, 0.1) is 30.8 Å². The van der Waals surface area contributed by atoms with Crippen LogP contribution in [0.15, 0.2) is 118 Å². The van der Waals surface area contributed by atoms with Crippen molar-refractivity contribution in [1.82, 2.24) is 9.47 Å². The van der Waals surface area contributed by atoms with Crippen LogP contribution in [0.1, 0.15) is 27.4 Å². The lowest BCUT2D eigenvalue weighted by Gasteiger charge is -2.15. The molecule has 0 unspecified atom stereocenters. The van der Waals surface area contributed by atoms with Crippen LogP contribution in [0.5, 0.6) is 0 Å². The highest BCUT2D eigenvalue weighted by Gasteiger charge is 2.33. The van der Waals surface area contributed by atoms with Crippen LogP contribution < -0.4 is 0 Å². The molecular weight excluding hydrogens is 522 g/mol. The van der Waals surface area contributed by atoms with Crippen molar-refractivity contribution < 1.29 is 18.7 Å². The number of rotatable bonds is 7. The van der Waals surface area contributed by atoms with Crippen molar-refractivity contribution in [3.8, 4) is 0 Å². The van der Waals surface area contributed by atoms with E-state index >= 15 is 0 Å². The first-order chi connectivity index (χ1) is 19.6. The number of esters is 1. The highest BCUT2D eigenvalue weighted by atomic mass is 32.2. The number of thioether (sulfide) groups is 1. The number of fused-ring (bicyclic) bond motifs is 1. The maximum absolute atomic E-state index is 13.7. The van der Waals surface area contributed by atoms with Crippen molar-refractivity contribution in [2.24, 2.45) is 4.99 Å². The minimum Gasteiger partial charge on any atom is -0.463 e. The summed E-state index contributed by atoms with van der Waals surface area (Å²) in [5.41, 5.74) is 3.71. The number of amides is 1. The summed E-state index contributed by atoms with van der Waals surface area (Å²) in [4.78, 5) is 32.7. The number of aliphatic imine (C=N–C) groups is 1. The number of ether oxygens (including phenoxy) is 1. The molecule has 2 aromatic heterocycles. The van der Waals surface area contributed by atoms with E-state index in [1.54, 1.807) is 17.0 Å². The van der Waals surface area contributed by atoms with Crippen LogP contribution in [-0.2, 0) is 22.6 Å². The summed E-state index contributed by atoms with van der Waals surface area (Å²) in [6.45, 7) is 0.848. The Balaban J connectivity index is 1.36. The predicted octanol–water partition coefficient (Wildman–Crippen LogP) is 6.87. The van der Waals surface area contributed by atoms with Crippen LogP contribution in [0.3, 0.4) is 0 Å². The van der Waals surface area contributed by atoms with Crippen molar-refractivity contribution in [2.75, 3.05) is 7.11 Å². The molecule has 3 aromatic carbocycles. The Morgan fingerprint density at radius 2 is 1.65 bits per heavy atom. The molecular formula is C32H25N3O4S. The van der Waals surface area contributed by atoms with E-state index < -0.39 is 5.97 Å². The zero-order chi connectivity index (χ0) is 27.5. The molecule has 3 heterocycles. The van der Waals surface area contributed by atoms with Gasteiger partial charge in [-0.15, -0.1) is 0 Å². The number of methoxy groups -OCH3 is 1. The van der Waals surface area contributed by atoms with Crippen molar-refractivity contribution in [3.05, 3.63) is 131 Å². The highest BCUT2D eigenvalue weighted by molar-refractivity contribution is 8.18. The van der Waals surface area contributed by atoms with Crippen LogP contribution in [-0.4, -0.2) is 33.6 Å². The lowest BCUT2D eigenvalue weighted by molar-refractivity contribution is -0.122. The molecule has 198 valence electrons. The molecule has 0 spiro atoms. The molecule has 1 amide bonds. The second-order valence-electron chi connectivity index (χ2n) is 9.20. The van der Waals surface area contributed by atoms with Crippen LogP contribution in [0.25, 0.3) is 17.0 Å². The van der Waals surface area contributed by atoms with Gasteiger partial charge in [-0.3, -0.25) is 9.69 Å². The van der Waals surface area contributed by atoms with Gasteiger partial charge in [-0.1, -0.05) is 66.7 Å². The first-order valence-corrected chi connectivity index (χ1v) is 13.5. The van der Waals surface area contributed by atoms with E-state index in [1.165, 1.54) is 18.9 Å². The van der Waals surface area contributed by atoms with Gasteiger partial charge in [0.1, 0.15) is 5.76 Å². The molecule has 8 heteroatoms. The van der Waals surface area contributed by atoms with E-state index in [4.69, 9.17) is 14.1 Å². The number of furan rings is 1. The van der Waals surface area contributed by atoms with E-state index in [2.05, 4.69) is 0 Å². The number of carbonyl (C=O) groups excluding carboxylic acids is 2. The van der Waals surface area contributed by atoms with E-state index in [-0.39, 0.29) is 11.7 Å². The monoisotopic (exact) mass is 547 g/mol. The third-order valence-electron chi connectivity index (χ3n) is 6.53. The minimum absolute atomic E-state index is 0.0888. The molecule has 40 heavy (non-hydrogen) atoms. The number of aromatic nitrogens is 1. The SMILES string of the molecule is COC(=O)c1ccc(Cn2cc(/C=C3\SC(=Nc4ccccc4)N(Cc4ccccc4)C3=O)c3ccccc32)o1. The lowest BCUT2D eigenvalue weighted by atomic mass is 10.1. The van der Waals surface area contributed by atoms with Crippen molar-refractivity contribution in [3.63, 3.8) is 0 Å². The zero-order valence-corrected chi connectivity index (χ0v) is 22.5. The number of hydrogen-bond donors (Lipinski definition) is 0. The van der Waals surface area contributed by atoms with E-state index in [0.29, 0.717) is 28.9 Å². The van der Waals surface area contributed by atoms with Crippen LogP contribution >= 0.6 is 11.8 Å². The van der Waals surface area contributed by atoms with Gasteiger partial charge in [-0.25, -0.2) is 9.79 Å². The Morgan fingerprint density at radius 3 is 2.42 bits per heavy atom. The van der Waals surface area contributed by atoms with Gasteiger partial charge in [0, 0.05) is 22.7 Å². The molecule has 1 fully saturated rings. The number of benzene rings is 3. The lowest BCUT2D eigenvalue weighted by Crippen LogP contribution is -2.28. The third kappa shape index (κ3) is 5.21. The van der Waals surface area contributed by atoms with Gasteiger partial charge >= 0.3 is 5.97 Å². The molecule has 0 N–H and O–H groups in total. The van der Waals surface area contributed by atoms with E-state index in [1.807, 2.05) is 102 Å². The maximum Gasteiger partial charge on any atom is 0.373 e. The molecule has 0 bridgehead atoms. The zero-order valence-electron chi connectivity index (χ0n) is 21.7. The molecule has 5 aromatic rings. The Morgan fingerprint density at radius 1 is 0.925 bits per heavy atom. The Kier molecular flexibility index (Phi) is 7.08. The van der Waals surface area contributed by atoms with E-state index in [9.17, 15) is 9.59 Å². The summed E-state index contributed by atoms with van der Waals surface area (Å²) < 4.78 is 12.5. The maximum atomic E-state index is 13.7. The van der Waals surface area contributed by atoms with Gasteiger partial charge in [0.2, 0.25) is 5.76 Å². The van der Waals surface area contributed by atoms with Gasteiger partial charge in [0.25, 0.3) is 5.91 Å². The summed E-state index contributed by atoms with van der Waals surface area (Å²) in [7, 11) is 1.32. The molecule has 0 radical (unpaired) electrons. The fraction of sp³-hybridized carbons (Fsp3) is 0.0938. The quantitative estimate of drug-likeness (QED) is 0.164. The molecule has 1 aliphatic heterocycles. The Labute approximate surface area is 235 Å². The third-order valence-corrected chi connectivity index (χ3v) is 7.54. The normalized spacial score (nSPS) is 15.4. The molecule has 0 aliphatic carbocycles. The summed E-state index contributed by atoms with van der Waals surface area (Å²) >= 11 is 1.37. The largest absolute Gasteiger partial charge is 0.463 e. The van der Waals surface area contributed by atoms with Crippen LogP contribution in [0, 0.1) is 0 Å². The summed E-state index contributed by atoms with van der Waals surface area (Å²) in [5.74, 6) is 0.180. The van der Waals surface area contributed by atoms with Gasteiger partial charge in [-0.2, -0.15) is 0 Å². The van der Waals surface area contributed by atoms with Crippen molar-refractivity contribution in [2.45, 2.75) is 13.1 Å². The van der Waals surface area contributed by atoms with E-state index in [0.717, 1.165) is 27.7 Å². The summed E-state index contributed by atoms with van der Waals surface area (Å²) in [6, 6.07) is 30.9. The minimum atomic E-state index is -0.515. The topological polar surface area (TPSA) is 77.0 Å². The second-order valence-corrected chi connectivity index (χ2v) is 10.2. The molecule has 1 aliphatic rings. The average Bonchev–Trinajstić information content (AvgIpc) is 3.68. The predicted molar refractivity (Wildman–Crippen MR) is 157 cm³/mol. The Hall–Kier alpha value is -4.82. The van der Waals surface area contributed by atoms with Crippen LogP contribution in [0.2, 0.25) is 0 Å². The molecule has 0 saturated carbocycles. The molecule has 1 saturated heterocycles. The van der Waals surface area contributed by atoms with Crippen molar-refractivity contribution in [1.29, 1.82) is 0 Å². The standard InChI is InChI=1S/C32H25N3O4S/c1-38-31(37)28-17-16-25(39-28)21-34-20-23(26-14-8-9-15-27(26)34)18-29-30(36)35(19-22-10-4-2-5-11-22)32(40-29)33-24-12-6-3-7-13-24/h2-18,20H,19,21H2,1H3/b29-18-,33-32?. The number of carbonyl (C=O) groups is 2. The smallest absolute Gasteiger partial charge is 0.373 e. The number of para-hydroxylation sites is 2. The number of hydrogen-bond acceptors (Lipinski definition) is 6. The number of nitrogens with zero attached hydrogens (tertiary/aromatic N) is 3. The second kappa shape index (κ2) is 11.1. The molecule has 7 nitrogen and oxygen atoms in total. The average molecular weight is 548 g/mol. The fourth-order valence-electron chi connectivity index (χ4n) is 4.61. The first-order valence-electron chi connectivity index (χ1n) is 12.7. The van der Waals surface area contributed by atoms with Gasteiger partial charge < -0.3 is 13.7 Å². The van der Waals surface area contributed by atoms with Gasteiger partial charge in [-0.05, 0) is 53.7 Å². The highest BCUT2D eigenvalue weighted by Crippen LogP contribution is 2.36.